The minimum atomic E-state index is 0.535. The van der Waals surface area contributed by atoms with E-state index in [0.29, 0.717) is 6.04 Å². The van der Waals surface area contributed by atoms with Gasteiger partial charge in [0.25, 0.3) is 0 Å². The highest BCUT2D eigenvalue weighted by Gasteiger charge is 2.23. The fraction of sp³-hybridized carbons (Fsp3) is 0.556. The molecule has 21 heavy (non-hydrogen) atoms. The number of rotatable bonds is 6. The zero-order chi connectivity index (χ0) is 14.8. The highest BCUT2D eigenvalue weighted by molar-refractivity contribution is 7.19. The van der Waals surface area contributed by atoms with Crippen LogP contribution in [0.1, 0.15) is 43.6 Å². The lowest BCUT2D eigenvalue weighted by atomic mass is 9.91. The van der Waals surface area contributed by atoms with Crippen LogP contribution < -0.4 is 5.32 Å². The summed E-state index contributed by atoms with van der Waals surface area (Å²) in [5.74, 6) is 0. The predicted molar refractivity (Wildman–Crippen MR) is 92.9 cm³/mol. The van der Waals surface area contributed by atoms with E-state index in [2.05, 4.69) is 55.4 Å². The van der Waals surface area contributed by atoms with Gasteiger partial charge in [-0.15, -0.1) is 11.3 Å². The van der Waals surface area contributed by atoms with Crippen molar-refractivity contribution in [3.63, 3.8) is 0 Å². The minimum absolute atomic E-state index is 0.535. The summed E-state index contributed by atoms with van der Waals surface area (Å²) in [6.45, 7) is 6.51. The second kappa shape index (κ2) is 6.47. The second-order valence-corrected chi connectivity index (χ2v) is 7.67. The molecule has 1 aromatic carbocycles. The summed E-state index contributed by atoms with van der Waals surface area (Å²) < 4.78 is 1.43. The summed E-state index contributed by atoms with van der Waals surface area (Å²) in [6, 6.07) is 10.2. The summed E-state index contributed by atoms with van der Waals surface area (Å²) in [4.78, 5) is 4.06. The first-order valence-corrected chi connectivity index (χ1v) is 8.89. The smallest absolute Gasteiger partial charge is 0.0349 e. The lowest BCUT2D eigenvalue weighted by Crippen LogP contribution is -2.36. The highest BCUT2D eigenvalue weighted by atomic mass is 32.1. The molecule has 114 valence electrons. The van der Waals surface area contributed by atoms with Crippen LogP contribution in [0, 0.1) is 0 Å². The molecule has 3 rings (SSSR count). The van der Waals surface area contributed by atoms with Gasteiger partial charge in [0.05, 0.1) is 0 Å². The number of benzene rings is 1. The zero-order valence-electron chi connectivity index (χ0n) is 13.4. The van der Waals surface area contributed by atoms with Crippen molar-refractivity contribution < 1.29 is 0 Å². The van der Waals surface area contributed by atoms with Crippen LogP contribution in [0.4, 0.5) is 0 Å². The number of hydrogen-bond acceptors (Lipinski definition) is 3. The molecule has 0 amide bonds. The monoisotopic (exact) mass is 302 g/mol. The van der Waals surface area contributed by atoms with Crippen molar-refractivity contribution >= 4 is 21.4 Å². The van der Waals surface area contributed by atoms with Crippen molar-refractivity contribution in [2.24, 2.45) is 0 Å². The van der Waals surface area contributed by atoms with Crippen LogP contribution in [-0.2, 0) is 13.1 Å². The molecular formula is C18H26N2S. The Kier molecular flexibility index (Phi) is 4.63. The van der Waals surface area contributed by atoms with Gasteiger partial charge < -0.3 is 5.32 Å². The molecule has 2 nitrogen and oxygen atoms in total. The quantitative estimate of drug-likeness (QED) is 0.851. The van der Waals surface area contributed by atoms with Crippen molar-refractivity contribution in [1.29, 1.82) is 0 Å². The molecule has 3 heteroatoms. The van der Waals surface area contributed by atoms with E-state index in [-0.39, 0.29) is 0 Å². The molecule has 1 N–H and O–H groups in total. The Hall–Kier alpha value is -0.900. The Morgan fingerprint density at radius 1 is 1.29 bits per heavy atom. The average molecular weight is 302 g/mol. The van der Waals surface area contributed by atoms with Crippen LogP contribution >= 0.6 is 11.3 Å². The summed E-state index contributed by atoms with van der Waals surface area (Å²) >= 11 is 1.96. The zero-order valence-corrected chi connectivity index (χ0v) is 14.2. The van der Waals surface area contributed by atoms with E-state index in [1.807, 2.05) is 11.3 Å². The first kappa shape index (κ1) is 15.0. The highest BCUT2D eigenvalue weighted by Crippen LogP contribution is 2.34. The van der Waals surface area contributed by atoms with Crippen LogP contribution in [0.15, 0.2) is 24.3 Å². The topological polar surface area (TPSA) is 15.3 Å². The lowest BCUT2D eigenvalue weighted by Gasteiger charge is -2.35. The van der Waals surface area contributed by atoms with E-state index < -0.39 is 0 Å². The fourth-order valence-electron chi connectivity index (χ4n) is 2.97. The first-order valence-electron chi connectivity index (χ1n) is 8.08. The fourth-order valence-corrected chi connectivity index (χ4v) is 4.13. The summed E-state index contributed by atoms with van der Waals surface area (Å²) in [5.41, 5.74) is 1.54. The van der Waals surface area contributed by atoms with Crippen molar-refractivity contribution in [3.05, 3.63) is 34.7 Å². The third-order valence-electron chi connectivity index (χ3n) is 4.56. The summed E-state index contributed by atoms with van der Waals surface area (Å²) in [6.07, 6.45) is 4.15. The Labute approximate surface area is 132 Å². The van der Waals surface area contributed by atoms with Crippen molar-refractivity contribution in [1.82, 2.24) is 10.2 Å². The van der Waals surface area contributed by atoms with Gasteiger partial charge in [-0.1, -0.05) is 38.5 Å². The van der Waals surface area contributed by atoms with Gasteiger partial charge in [0.2, 0.25) is 0 Å². The van der Waals surface area contributed by atoms with E-state index in [0.717, 1.165) is 19.1 Å². The molecule has 0 unspecified atom stereocenters. The Morgan fingerprint density at radius 3 is 2.71 bits per heavy atom. The largest absolute Gasteiger partial charge is 0.310 e. The maximum Gasteiger partial charge on any atom is 0.0349 e. The van der Waals surface area contributed by atoms with Gasteiger partial charge >= 0.3 is 0 Å². The summed E-state index contributed by atoms with van der Waals surface area (Å²) in [7, 11) is 2.29. The van der Waals surface area contributed by atoms with Crippen LogP contribution in [0.2, 0.25) is 0 Å². The molecule has 1 fully saturated rings. The SMILES string of the molecule is CC(C)NCc1sc2ccccc2c1CN(C)C1CCC1. The standard InChI is InChI=1S/C18H26N2S/c1-13(2)19-11-18-16(12-20(3)14-7-6-8-14)15-9-4-5-10-17(15)21-18/h4-5,9-10,13-14,19H,6-8,11-12H2,1-3H3. The van der Waals surface area contributed by atoms with Gasteiger partial charge in [0, 0.05) is 34.8 Å². The molecule has 0 aliphatic heterocycles. The predicted octanol–water partition coefficient (Wildman–Crippen LogP) is 4.38. The molecule has 0 spiro atoms. The van der Waals surface area contributed by atoms with Gasteiger partial charge in [-0.3, -0.25) is 4.90 Å². The Bertz CT molecular complexity index is 598. The lowest BCUT2D eigenvalue weighted by molar-refractivity contribution is 0.153. The average Bonchev–Trinajstić information content (AvgIpc) is 2.73. The Morgan fingerprint density at radius 2 is 2.05 bits per heavy atom. The molecule has 2 aromatic rings. The van der Waals surface area contributed by atoms with Gasteiger partial charge in [-0.2, -0.15) is 0 Å². The van der Waals surface area contributed by atoms with Gasteiger partial charge in [-0.25, -0.2) is 0 Å². The van der Waals surface area contributed by atoms with Gasteiger partial charge in [-0.05, 0) is 36.9 Å². The van der Waals surface area contributed by atoms with Crippen molar-refractivity contribution in [3.8, 4) is 0 Å². The maximum absolute atomic E-state index is 3.59. The van der Waals surface area contributed by atoms with Gasteiger partial charge in [0.15, 0.2) is 0 Å². The maximum atomic E-state index is 3.59. The number of nitrogens with zero attached hydrogens (tertiary/aromatic N) is 1. The van der Waals surface area contributed by atoms with E-state index in [1.165, 1.54) is 39.8 Å². The molecule has 1 aromatic heterocycles. The van der Waals surface area contributed by atoms with Crippen LogP contribution in [0.3, 0.4) is 0 Å². The number of nitrogens with one attached hydrogen (secondary N) is 1. The van der Waals surface area contributed by atoms with Crippen molar-refractivity contribution in [2.75, 3.05) is 7.05 Å². The van der Waals surface area contributed by atoms with E-state index >= 15 is 0 Å². The van der Waals surface area contributed by atoms with Crippen LogP contribution in [0.25, 0.3) is 10.1 Å². The molecule has 1 heterocycles. The number of hydrogen-bond donors (Lipinski definition) is 1. The molecule has 1 aliphatic rings. The van der Waals surface area contributed by atoms with E-state index in [9.17, 15) is 0 Å². The van der Waals surface area contributed by atoms with Gasteiger partial charge in [0.1, 0.15) is 0 Å². The molecule has 0 bridgehead atoms. The molecule has 0 atom stereocenters. The third-order valence-corrected chi connectivity index (χ3v) is 5.77. The number of fused-ring (bicyclic) bond motifs is 1. The molecule has 0 radical (unpaired) electrons. The normalized spacial score (nSPS) is 16.0. The molecule has 1 saturated carbocycles. The second-order valence-electron chi connectivity index (χ2n) is 6.54. The van der Waals surface area contributed by atoms with Crippen molar-refractivity contribution in [2.45, 2.75) is 58.3 Å². The Balaban J connectivity index is 1.86. The third kappa shape index (κ3) is 3.31. The van der Waals surface area contributed by atoms with Crippen LogP contribution in [0.5, 0.6) is 0 Å². The minimum Gasteiger partial charge on any atom is -0.310 e. The number of thiophene rings is 1. The van der Waals surface area contributed by atoms with Crippen LogP contribution in [-0.4, -0.2) is 24.0 Å². The van der Waals surface area contributed by atoms with E-state index in [4.69, 9.17) is 0 Å². The molecule has 0 saturated heterocycles. The molecular weight excluding hydrogens is 276 g/mol. The summed E-state index contributed by atoms with van der Waals surface area (Å²) in [5, 5.41) is 5.04. The van der Waals surface area contributed by atoms with E-state index in [1.54, 1.807) is 0 Å². The molecule has 1 aliphatic carbocycles. The first-order chi connectivity index (χ1) is 10.1.